The van der Waals surface area contributed by atoms with E-state index in [4.69, 9.17) is 5.26 Å². The summed E-state index contributed by atoms with van der Waals surface area (Å²) in [4.78, 5) is 3.32. The van der Waals surface area contributed by atoms with Crippen LogP contribution >= 0.6 is 22.6 Å². The van der Waals surface area contributed by atoms with Crippen LogP contribution in [0.1, 0.15) is 11.1 Å². The first-order chi connectivity index (χ1) is 8.56. The van der Waals surface area contributed by atoms with Crippen LogP contribution in [0, 0.1) is 15.0 Å². The summed E-state index contributed by atoms with van der Waals surface area (Å²) in [5.74, 6) is -1.43. The van der Waals surface area contributed by atoms with Gasteiger partial charge in [-0.3, -0.25) is 0 Å². The highest BCUT2D eigenvalue weighted by atomic mass is 127. The number of pyridine rings is 1. The number of halogens is 7. The maximum Gasteiger partial charge on any atom is 0.573 e. The van der Waals surface area contributed by atoms with Gasteiger partial charge in [-0.25, -0.2) is 4.98 Å². The predicted octanol–water partition coefficient (Wildman–Crippen LogP) is 3.67. The molecule has 1 rings (SSSR count). The zero-order chi connectivity index (χ0) is 14.8. The molecule has 0 radical (unpaired) electrons. The second kappa shape index (κ2) is 5.40. The van der Waals surface area contributed by atoms with Gasteiger partial charge in [0.1, 0.15) is 15.0 Å². The minimum Gasteiger partial charge on any atom is -0.405 e. The summed E-state index contributed by atoms with van der Waals surface area (Å²) in [7, 11) is 0. The predicted molar refractivity (Wildman–Crippen MR) is 58.0 cm³/mol. The van der Waals surface area contributed by atoms with Crippen molar-refractivity contribution in [1.82, 2.24) is 4.98 Å². The van der Waals surface area contributed by atoms with E-state index in [1.807, 2.05) is 0 Å². The Bertz CT molecular complexity index is 519. The Balaban J connectivity index is 3.50. The van der Waals surface area contributed by atoms with Crippen LogP contribution in [0.2, 0.25) is 0 Å². The van der Waals surface area contributed by atoms with E-state index in [1.165, 1.54) is 28.7 Å². The molecule has 0 amide bonds. The molecule has 0 unspecified atom stereocenters. The van der Waals surface area contributed by atoms with Gasteiger partial charge < -0.3 is 4.74 Å². The number of hydrogen-bond acceptors (Lipinski definition) is 3. The summed E-state index contributed by atoms with van der Waals surface area (Å²) in [6.45, 7) is 0. The van der Waals surface area contributed by atoms with Crippen molar-refractivity contribution in [3.05, 3.63) is 21.0 Å². The van der Waals surface area contributed by atoms with Crippen LogP contribution in [0.3, 0.4) is 0 Å². The summed E-state index contributed by atoms with van der Waals surface area (Å²) in [5.41, 5.74) is -2.22. The van der Waals surface area contributed by atoms with Gasteiger partial charge in [0.15, 0.2) is 0 Å². The van der Waals surface area contributed by atoms with E-state index in [1.54, 1.807) is 0 Å². The lowest BCUT2D eigenvalue weighted by Gasteiger charge is -2.18. The summed E-state index contributed by atoms with van der Waals surface area (Å²) in [6.07, 6.45) is -10.8. The topological polar surface area (TPSA) is 45.9 Å². The molecule has 0 aromatic carbocycles. The highest BCUT2D eigenvalue weighted by molar-refractivity contribution is 14.1. The number of nitriles is 1. The Hall–Kier alpha value is -1.25. The molecule has 0 aliphatic carbocycles. The SMILES string of the molecule is N#CCc1c(I)ncc(C(F)(F)F)c1OC(F)(F)F. The van der Waals surface area contributed by atoms with E-state index in [2.05, 4.69) is 9.72 Å². The van der Waals surface area contributed by atoms with Crippen molar-refractivity contribution in [3.63, 3.8) is 0 Å². The van der Waals surface area contributed by atoms with Crippen molar-refractivity contribution < 1.29 is 31.1 Å². The van der Waals surface area contributed by atoms with Gasteiger partial charge in [-0.2, -0.15) is 18.4 Å². The highest BCUT2D eigenvalue weighted by Crippen LogP contribution is 2.41. The van der Waals surface area contributed by atoms with Crippen molar-refractivity contribution >= 4 is 22.6 Å². The molecule has 104 valence electrons. The van der Waals surface area contributed by atoms with E-state index in [0.717, 1.165) is 0 Å². The van der Waals surface area contributed by atoms with Gasteiger partial charge >= 0.3 is 12.5 Å². The molecule has 0 N–H and O–H groups in total. The normalized spacial score (nSPS) is 12.1. The van der Waals surface area contributed by atoms with Crippen molar-refractivity contribution in [3.8, 4) is 11.8 Å². The third-order valence-electron chi connectivity index (χ3n) is 1.85. The van der Waals surface area contributed by atoms with E-state index < -0.39 is 35.8 Å². The summed E-state index contributed by atoms with van der Waals surface area (Å²) >= 11 is 1.43. The largest absolute Gasteiger partial charge is 0.573 e. The van der Waals surface area contributed by atoms with E-state index in [-0.39, 0.29) is 9.90 Å². The van der Waals surface area contributed by atoms with E-state index in [9.17, 15) is 26.3 Å². The minimum absolute atomic E-state index is 0.161. The van der Waals surface area contributed by atoms with Crippen LogP contribution in [0.25, 0.3) is 0 Å². The molecule has 1 aromatic rings. The lowest BCUT2D eigenvalue weighted by molar-refractivity contribution is -0.276. The quantitative estimate of drug-likeness (QED) is 0.436. The molecule has 0 saturated carbocycles. The van der Waals surface area contributed by atoms with Crippen LogP contribution in [0.4, 0.5) is 26.3 Å². The van der Waals surface area contributed by atoms with Gasteiger partial charge in [0.05, 0.1) is 12.5 Å². The molecule has 0 atom stereocenters. The monoisotopic (exact) mass is 396 g/mol. The Morgan fingerprint density at radius 3 is 2.26 bits per heavy atom. The Morgan fingerprint density at radius 2 is 1.84 bits per heavy atom. The zero-order valence-corrected chi connectivity index (χ0v) is 10.9. The van der Waals surface area contributed by atoms with Gasteiger partial charge in [0.2, 0.25) is 0 Å². The number of hydrogen-bond donors (Lipinski definition) is 0. The lowest BCUT2D eigenvalue weighted by atomic mass is 10.1. The molecule has 1 aromatic heterocycles. The average molecular weight is 396 g/mol. The van der Waals surface area contributed by atoms with Crippen molar-refractivity contribution in [2.24, 2.45) is 0 Å². The van der Waals surface area contributed by atoms with Gasteiger partial charge in [0.25, 0.3) is 0 Å². The zero-order valence-electron chi connectivity index (χ0n) is 8.73. The molecule has 0 aliphatic rings. The van der Waals surface area contributed by atoms with E-state index >= 15 is 0 Å². The fourth-order valence-corrected chi connectivity index (χ4v) is 1.76. The Kier molecular flexibility index (Phi) is 4.49. The van der Waals surface area contributed by atoms with Crippen LogP contribution in [-0.4, -0.2) is 11.3 Å². The van der Waals surface area contributed by atoms with E-state index in [0.29, 0.717) is 0 Å². The average Bonchev–Trinajstić information content (AvgIpc) is 2.19. The van der Waals surface area contributed by atoms with Gasteiger partial charge in [-0.15, -0.1) is 13.2 Å². The van der Waals surface area contributed by atoms with Crippen LogP contribution < -0.4 is 4.74 Å². The molecule has 19 heavy (non-hydrogen) atoms. The first-order valence-electron chi connectivity index (χ1n) is 4.43. The van der Waals surface area contributed by atoms with Crippen LogP contribution in [-0.2, 0) is 12.6 Å². The molecule has 0 saturated heterocycles. The molecule has 10 heteroatoms. The molecular formula is C9H3F6IN2O. The van der Waals surface area contributed by atoms with Gasteiger partial charge in [-0.1, -0.05) is 0 Å². The minimum atomic E-state index is -5.30. The standard InChI is InChI=1S/C9H3F6IN2O/c10-8(11,12)5-3-18-7(16)4(1-2-17)6(5)19-9(13,14)15/h3H,1H2. The number of rotatable bonds is 2. The molecule has 3 nitrogen and oxygen atoms in total. The molecule has 0 bridgehead atoms. The van der Waals surface area contributed by atoms with Crippen LogP contribution in [0.5, 0.6) is 5.75 Å². The highest BCUT2D eigenvalue weighted by Gasteiger charge is 2.41. The molecular weight excluding hydrogens is 393 g/mol. The first kappa shape index (κ1) is 15.8. The number of alkyl halides is 6. The smallest absolute Gasteiger partial charge is 0.405 e. The Morgan fingerprint density at radius 1 is 1.26 bits per heavy atom. The fourth-order valence-electron chi connectivity index (χ4n) is 1.18. The third-order valence-corrected chi connectivity index (χ3v) is 2.78. The third kappa shape index (κ3) is 4.12. The Labute approximate surface area is 116 Å². The fraction of sp³-hybridized carbons (Fsp3) is 0.333. The maximum absolute atomic E-state index is 12.6. The van der Waals surface area contributed by atoms with Crippen molar-refractivity contribution in [2.75, 3.05) is 0 Å². The summed E-state index contributed by atoms with van der Waals surface area (Å²) < 4.78 is 77.6. The summed E-state index contributed by atoms with van der Waals surface area (Å²) in [5, 5.41) is 8.46. The molecule has 1 heterocycles. The van der Waals surface area contributed by atoms with Crippen molar-refractivity contribution in [1.29, 1.82) is 5.26 Å². The van der Waals surface area contributed by atoms with Crippen molar-refractivity contribution in [2.45, 2.75) is 19.0 Å². The summed E-state index contributed by atoms with van der Waals surface area (Å²) in [6, 6.07) is 1.47. The molecule has 0 spiro atoms. The number of aromatic nitrogens is 1. The molecule has 0 aliphatic heterocycles. The molecule has 0 fully saturated rings. The number of nitrogens with zero attached hydrogens (tertiary/aromatic N) is 2. The van der Waals surface area contributed by atoms with Crippen LogP contribution in [0.15, 0.2) is 6.20 Å². The second-order valence-corrected chi connectivity index (χ2v) is 4.17. The van der Waals surface area contributed by atoms with Gasteiger partial charge in [-0.05, 0) is 22.6 Å². The van der Waals surface area contributed by atoms with Gasteiger partial charge in [0, 0.05) is 11.8 Å². The lowest BCUT2D eigenvalue weighted by Crippen LogP contribution is -2.22. The maximum atomic E-state index is 12.6. The first-order valence-corrected chi connectivity index (χ1v) is 5.51. The number of ether oxygens (including phenoxy) is 1. The second-order valence-electron chi connectivity index (χ2n) is 3.15.